The maximum Gasteiger partial charge on any atom is 0.416 e. The van der Waals surface area contributed by atoms with Gasteiger partial charge in [-0.2, -0.15) is 13.2 Å². The van der Waals surface area contributed by atoms with Gasteiger partial charge in [-0.3, -0.25) is 0 Å². The van der Waals surface area contributed by atoms with Crippen LogP contribution in [-0.4, -0.2) is 0 Å². The Morgan fingerprint density at radius 1 is 1.08 bits per heavy atom. The van der Waals surface area contributed by atoms with Gasteiger partial charge in [0, 0.05) is 17.5 Å². The lowest BCUT2D eigenvalue weighted by Gasteiger charge is -2.11. The van der Waals surface area contributed by atoms with E-state index in [9.17, 15) is 18.0 Å². The van der Waals surface area contributed by atoms with E-state index in [2.05, 4.69) is 0 Å². The lowest BCUT2D eigenvalue weighted by Crippen LogP contribution is -2.06. The average molecular weight is 362 g/mol. The standard InChI is InChI=1S/C20H17F3O3/c1-2-4-14-10-19(24)26-18-11-16(7-8-17(14)18)25-12-13-5-3-6-15(9-13)20(21,22)23/h3,5-11H,2,4,12H2,1H3. The molecule has 0 aliphatic heterocycles. The van der Waals surface area contributed by atoms with Gasteiger partial charge < -0.3 is 9.15 Å². The summed E-state index contributed by atoms with van der Waals surface area (Å²) in [6, 6.07) is 11.6. The minimum absolute atomic E-state index is 0.0195. The van der Waals surface area contributed by atoms with Gasteiger partial charge >= 0.3 is 11.8 Å². The van der Waals surface area contributed by atoms with Gasteiger partial charge in [0.2, 0.25) is 0 Å². The second-order valence-corrected chi connectivity index (χ2v) is 5.99. The molecule has 0 aliphatic rings. The van der Waals surface area contributed by atoms with Gasteiger partial charge in [-0.1, -0.05) is 25.5 Å². The first-order valence-electron chi connectivity index (χ1n) is 8.22. The maximum atomic E-state index is 12.8. The molecule has 0 radical (unpaired) electrons. The lowest BCUT2D eigenvalue weighted by atomic mass is 10.1. The highest BCUT2D eigenvalue weighted by molar-refractivity contribution is 5.81. The average Bonchev–Trinajstić information content (AvgIpc) is 2.59. The molecular weight excluding hydrogens is 345 g/mol. The van der Waals surface area contributed by atoms with Crippen LogP contribution in [0.25, 0.3) is 11.0 Å². The minimum Gasteiger partial charge on any atom is -0.489 e. The molecule has 2 aromatic carbocycles. The predicted octanol–water partition coefficient (Wildman–Crippen LogP) is 5.34. The molecule has 0 spiro atoms. The largest absolute Gasteiger partial charge is 0.489 e. The molecule has 3 nitrogen and oxygen atoms in total. The first kappa shape index (κ1) is 18.0. The summed E-state index contributed by atoms with van der Waals surface area (Å²) in [6.07, 6.45) is -2.74. The smallest absolute Gasteiger partial charge is 0.416 e. The molecule has 0 amide bonds. The predicted molar refractivity (Wildman–Crippen MR) is 92.3 cm³/mol. The highest BCUT2D eigenvalue weighted by Crippen LogP contribution is 2.30. The summed E-state index contributed by atoms with van der Waals surface area (Å²) in [5, 5.41) is 0.831. The van der Waals surface area contributed by atoms with Gasteiger partial charge in [0.25, 0.3) is 0 Å². The second kappa shape index (κ2) is 7.23. The molecule has 3 aromatic rings. The number of alkyl halides is 3. The molecular formula is C20H17F3O3. The van der Waals surface area contributed by atoms with Gasteiger partial charge in [-0.25, -0.2) is 4.79 Å². The van der Waals surface area contributed by atoms with Crippen molar-refractivity contribution in [2.24, 2.45) is 0 Å². The van der Waals surface area contributed by atoms with E-state index < -0.39 is 17.4 Å². The van der Waals surface area contributed by atoms with Crippen LogP contribution in [0.1, 0.15) is 30.0 Å². The summed E-state index contributed by atoms with van der Waals surface area (Å²) in [5.74, 6) is 0.423. The van der Waals surface area contributed by atoms with E-state index >= 15 is 0 Å². The summed E-state index contributed by atoms with van der Waals surface area (Å²) in [6.45, 7) is 2.00. The Bertz CT molecular complexity index is 974. The lowest BCUT2D eigenvalue weighted by molar-refractivity contribution is -0.137. The monoisotopic (exact) mass is 362 g/mol. The first-order chi connectivity index (χ1) is 12.4. The van der Waals surface area contributed by atoms with E-state index in [1.54, 1.807) is 24.3 Å². The highest BCUT2D eigenvalue weighted by Gasteiger charge is 2.30. The van der Waals surface area contributed by atoms with Gasteiger partial charge in [0.05, 0.1) is 5.56 Å². The Morgan fingerprint density at radius 3 is 2.62 bits per heavy atom. The van der Waals surface area contributed by atoms with Crippen LogP contribution < -0.4 is 10.4 Å². The van der Waals surface area contributed by atoms with Crippen LogP contribution in [0.2, 0.25) is 0 Å². The van der Waals surface area contributed by atoms with E-state index in [0.29, 0.717) is 16.9 Å². The van der Waals surface area contributed by atoms with Crippen molar-refractivity contribution in [1.82, 2.24) is 0 Å². The minimum atomic E-state index is -4.39. The van der Waals surface area contributed by atoms with Crippen LogP contribution in [0.3, 0.4) is 0 Å². The Kier molecular flexibility index (Phi) is 5.02. The van der Waals surface area contributed by atoms with Crippen LogP contribution in [0.4, 0.5) is 13.2 Å². The van der Waals surface area contributed by atoms with Crippen LogP contribution in [0.5, 0.6) is 5.75 Å². The van der Waals surface area contributed by atoms with Crippen LogP contribution in [0.15, 0.2) is 57.7 Å². The Labute approximate surface area is 148 Å². The number of rotatable bonds is 5. The number of benzene rings is 2. The first-order valence-corrected chi connectivity index (χ1v) is 8.22. The summed E-state index contributed by atoms with van der Waals surface area (Å²) in [5.41, 5.74) is 0.565. The molecule has 0 atom stereocenters. The third-order valence-electron chi connectivity index (χ3n) is 3.98. The van der Waals surface area contributed by atoms with Crippen LogP contribution in [0, 0.1) is 0 Å². The van der Waals surface area contributed by atoms with E-state index in [4.69, 9.17) is 9.15 Å². The van der Waals surface area contributed by atoms with E-state index in [-0.39, 0.29) is 6.61 Å². The topological polar surface area (TPSA) is 39.4 Å². The van der Waals surface area contributed by atoms with Crippen molar-refractivity contribution in [2.75, 3.05) is 0 Å². The van der Waals surface area contributed by atoms with E-state index in [1.807, 2.05) is 6.92 Å². The molecule has 136 valence electrons. The van der Waals surface area contributed by atoms with Crippen molar-refractivity contribution < 1.29 is 22.3 Å². The fourth-order valence-electron chi connectivity index (χ4n) is 2.78. The zero-order valence-corrected chi connectivity index (χ0v) is 14.1. The molecule has 0 saturated heterocycles. The SMILES string of the molecule is CCCc1cc(=O)oc2cc(OCc3cccc(C(F)(F)F)c3)ccc12. The highest BCUT2D eigenvalue weighted by atomic mass is 19.4. The number of hydrogen-bond donors (Lipinski definition) is 0. The fraction of sp³-hybridized carbons (Fsp3) is 0.250. The van der Waals surface area contributed by atoms with Gasteiger partial charge in [-0.15, -0.1) is 0 Å². The van der Waals surface area contributed by atoms with Crippen molar-refractivity contribution in [2.45, 2.75) is 32.5 Å². The van der Waals surface area contributed by atoms with E-state index in [0.717, 1.165) is 35.9 Å². The Morgan fingerprint density at radius 2 is 1.88 bits per heavy atom. The van der Waals surface area contributed by atoms with Crippen molar-refractivity contribution in [3.8, 4) is 5.75 Å². The van der Waals surface area contributed by atoms with Crippen LogP contribution in [-0.2, 0) is 19.2 Å². The number of hydrogen-bond acceptors (Lipinski definition) is 3. The van der Waals surface area contributed by atoms with Gasteiger partial charge in [0.15, 0.2) is 0 Å². The molecule has 3 rings (SSSR count). The molecule has 1 heterocycles. The van der Waals surface area contributed by atoms with Crippen molar-refractivity contribution in [3.05, 3.63) is 75.6 Å². The fourth-order valence-corrected chi connectivity index (χ4v) is 2.78. The molecule has 0 N–H and O–H groups in total. The molecule has 0 saturated carbocycles. The molecule has 0 bridgehead atoms. The molecule has 0 aliphatic carbocycles. The zero-order valence-electron chi connectivity index (χ0n) is 14.1. The number of halogens is 3. The van der Waals surface area contributed by atoms with E-state index in [1.165, 1.54) is 12.1 Å². The number of ether oxygens (including phenoxy) is 1. The van der Waals surface area contributed by atoms with Crippen molar-refractivity contribution >= 4 is 11.0 Å². The van der Waals surface area contributed by atoms with Crippen LogP contribution >= 0.6 is 0 Å². The number of aryl methyl sites for hydroxylation is 1. The summed E-state index contributed by atoms with van der Waals surface area (Å²) in [7, 11) is 0. The number of fused-ring (bicyclic) bond motifs is 1. The molecule has 6 heteroatoms. The van der Waals surface area contributed by atoms with Gasteiger partial charge in [0.1, 0.15) is 17.9 Å². The molecule has 0 fully saturated rings. The summed E-state index contributed by atoms with van der Waals surface area (Å²) < 4.78 is 49.1. The Hall–Kier alpha value is -2.76. The maximum absolute atomic E-state index is 12.8. The Balaban J connectivity index is 1.83. The van der Waals surface area contributed by atoms with Gasteiger partial charge in [-0.05, 0) is 41.8 Å². The van der Waals surface area contributed by atoms with Crippen molar-refractivity contribution in [3.63, 3.8) is 0 Å². The molecule has 0 unspecified atom stereocenters. The molecule has 26 heavy (non-hydrogen) atoms. The van der Waals surface area contributed by atoms with Crippen molar-refractivity contribution in [1.29, 1.82) is 0 Å². The second-order valence-electron chi connectivity index (χ2n) is 5.99. The summed E-state index contributed by atoms with van der Waals surface area (Å²) >= 11 is 0. The normalized spacial score (nSPS) is 11.7. The third kappa shape index (κ3) is 4.07. The summed E-state index contributed by atoms with van der Waals surface area (Å²) in [4.78, 5) is 11.7. The molecule has 1 aromatic heterocycles. The zero-order chi connectivity index (χ0) is 18.7. The third-order valence-corrected chi connectivity index (χ3v) is 3.98. The quantitative estimate of drug-likeness (QED) is 0.575.